The van der Waals surface area contributed by atoms with Gasteiger partial charge < -0.3 is 28.4 Å². The van der Waals surface area contributed by atoms with Crippen LogP contribution < -0.4 is 23.7 Å². The van der Waals surface area contributed by atoms with Gasteiger partial charge in [-0.15, -0.1) is 0 Å². The van der Waals surface area contributed by atoms with Crippen molar-refractivity contribution in [1.82, 2.24) is 9.80 Å². The maximum absolute atomic E-state index is 13.9. The molecule has 3 fully saturated rings. The van der Waals surface area contributed by atoms with Crippen LogP contribution in [-0.4, -0.2) is 68.1 Å². The number of benzene rings is 2. The Morgan fingerprint density at radius 1 is 1.05 bits per heavy atom. The number of fused-ring (bicyclic) bond motifs is 9. The molecule has 0 amide bonds. The number of nitrogens with zero attached hydrogens (tertiary/aromatic N) is 2. The van der Waals surface area contributed by atoms with E-state index >= 15 is 0 Å². The van der Waals surface area contributed by atoms with Gasteiger partial charge in [0.05, 0.1) is 19.2 Å². The Bertz CT molecular complexity index is 1520. The fourth-order valence-corrected chi connectivity index (χ4v) is 9.15. The van der Waals surface area contributed by atoms with Crippen molar-refractivity contribution in [3.05, 3.63) is 52.1 Å². The molecule has 41 heavy (non-hydrogen) atoms. The minimum atomic E-state index is -0.176. The predicted octanol–water partition coefficient (Wildman–Crippen LogP) is 4.26. The van der Waals surface area contributed by atoms with Crippen LogP contribution in [0.4, 0.5) is 0 Å². The van der Waals surface area contributed by atoms with Crippen LogP contribution in [0.2, 0.25) is 0 Å². The highest BCUT2D eigenvalue weighted by atomic mass is 16.7. The van der Waals surface area contributed by atoms with E-state index in [1.807, 2.05) is 6.92 Å². The minimum absolute atomic E-state index is 0.0193. The molecule has 3 saturated heterocycles. The number of hydrogen-bond acceptors (Lipinski definition) is 9. The maximum atomic E-state index is 13.9. The zero-order chi connectivity index (χ0) is 28.4. The normalized spacial score (nSPS) is 31.6. The second kappa shape index (κ2) is 8.63. The number of aryl methyl sites for hydroxylation is 1. The van der Waals surface area contributed by atoms with Gasteiger partial charge in [0.1, 0.15) is 12.4 Å². The van der Waals surface area contributed by atoms with Gasteiger partial charge in [-0.1, -0.05) is 12.7 Å². The van der Waals surface area contributed by atoms with Gasteiger partial charge in [-0.05, 0) is 50.8 Å². The summed E-state index contributed by atoms with van der Waals surface area (Å²) in [4.78, 5) is 19.0. The zero-order valence-corrected chi connectivity index (χ0v) is 24.2. The van der Waals surface area contributed by atoms with Crippen molar-refractivity contribution < 1.29 is 33.2 Å². The Labute approximate surface area is 239 Å². The number of ether oxygens (including phenoxy) is 6. The Balaban J connectivity index is 1.36. The van der Waals surface area contributed by atoms with E-state index in [1.165, 1.54) is 5.56 Å². The Hall–Kier alpha value is -3.27. The monoisotopic (exact) mass is 560 g/mol. The molecule has 9 heteroatoms. The second-order valence-electron chi connectivity index (χ2n) is 12.3. The van der Waals surface area contributed by atoms with Crippen LogP contribution in [-0.2, 0) is 21.5 Å². The molecule has 2 aromatic carbocycles. The number of hydrogen-bond donors (Lipinski definition) is 0. The standard InChI is InChI=1S/C32H36N2O7/c1-7-8-38-28-16(3)29-30(41-14-40-29)23-17(28)10-20-26-24-18(9-15(2)27(37-6)31(24)39-13-36-5)32(4)12-21(34(26)32)25-22(35)11-19(23)33(20)25/h7,9,19-21,25-26H,1,8,10-14H2,2-6H3/t19-,20?,21-,25+,26-,32?/m0/s1. The van der Waals surface area contributed by atoms with E-state index in [9.17, 15) is 4.79 Å². The van der Waals surface area contributed by atoms with Gasteiger partial charge in [0.25, 0.3) is 0 Å². The largest absolute Gasteiger partial charge is 0.493 e. The highest BCUT2D eigenvalue weighted by Gasteiger charge is 2.71. The molecule has 2 unspecified atom stereocenters. The summed E-state index contributed by atoms with van der Waals surface area (Å²) in [6.07, 6.45) is 3.85. The number of Topliss-reactive ketones (excluding diaryl/α,β-unsaturated/α-hetero) is 1. The minimum Gasteiger partial charge on any atom is -0.493 e. The van der Waals surface area contributed by atoms with Crippen LogP contribution in [0.5, 0.6) is 28.7 Å². The molecule has 6 atom stereocenters. The van der Waals surface area contributed by atoms with E-state index in [-0.39, 0.29) is 49.3 Å². The number of methoxy groups -OCH3 is 2. The highest BCUT2D eigenvalue weighted by Crippen LogP contribution is 2.69. The molecule has 8 rings (SSSR count). The molecule has 0 N–H and O–H groups in total. The molecular weight excluding hydrogens is 524 g/mol. The first-order chi connectivity index (χ1) is 19.8. The van der Waals surface area contributed by atoms with Crippen molar-refractivity contribution in [3.8, 4) is 28.7 Å². The summed E-state index contributed by atoms with van der Waals surface area (Å²) < 4.78 is 36.0. The summed E-state index contributed by atoms with van der Waals surface area (Å²) in [5, 5.41) is 0. The molecule has 2 aromatic rings. The number of piperazine rings is 1. The van der Waals surface area contributed by atoms with Crippen molar-refractivity contribution in [2.75, 3.05) is 34.4 Å². The van der Waals surface area contributed by atoms with Gasteiger partial charge in [-0.3, -0.25) is 14.6 Å². The fraction of sp³-hybridized carbons (Fsp3) is 0.531. The van der Waals surface area contributed by atoms with Crippen LogP contribution in [0.1, 0.15) is 65.2 Å². The predicted molar refractivity (Wildman–Crippen MR) is 149 cm³/mol. The lowest BCUT2D eigenvalue weighted by atomic mass is 9.71. The summed E-state index contributed by atoms with van der Waals surface area (Å²) in [7, 11) is 3.33. The third kappa shape index (κ3) is 2.99. The van der Waals surface area contributed by atoms with Crippen LogP contribution in [0.3, 0.4) is 0 Å². The third-order valence-corrected chi connectivity index (χ3v) is 10.4. The highest BCUT2D eigenvalue weighted by molar-refractivity contribution is 5.90. The van der Waals surface area contributed by atoms with Gasteiger partial charge in [-0.25, -0.2) is 0 Å². The molecule has 0 spiro atoms. The van der Waals surface area contributed by atoms with Crippen LogP contribution in [0.25, 0.3) is 0 Å². The number of carbonyl (C=O) groups excluding carboxylic acids is 1. The summed E-state index contributed by atoms with van der Waals surface area (Å²) >= 11 is 0. The second-order valence-corrected chi connectivity index (χ2v) is 12.3. The van der Waals surface area contributed by atoms with Gasteiger partial charge in [0, 0.05) is 59.4 Å². The first-order valence-corrected chi connectivity index (χ1v) is 14.5. The molecule has 9 nitrogen and oxygen atoms in total. The van der Waals surface area contributed by atoms with Gasteiger partial charge in [0.2, 0.25) is 6.79 Å². The third-order valence-electron chi connectivity index (χ3n) is 10.4. The van der Waals surface area contributed by atoms with Crippen molar-refractivity contribution in [2.24, 2.45) is 0 Å². The zero-order valence-electron chi connectivity index (χ0n) is 24.2. The van der Waals surface area contributed by atoms with E-state index in [2.05, 4.69) is 36.3 Å². The molecule has 0 bridgehead atoms. The van der Waals surface area contributed by atoms with Crippen molar-refractivity contribution in [2.45, 2.75) is 75.8 Å². The van der Waals surface area contributed by atoms with Gasteiger partial charge in [-0.2, -0.15) is 0 Å². The SMILES string of the molecule is C=CCOc1c(C)c2c(c3c1CC1[C@H]4c5c(cc(C)c(OC)c5OCOC)C5(C)C[C@@H]([C@@H]6C(=O)C[C@@H]3N16)N45)OCO2. The van der Waals surface area contributed by atoms with Crippen molar-refractivity contribution in [3.63, 3.8) is 0 Å². The van der Waals surface area contributed by atoms with E-state index in [0.717, 1.165) is 63.0 Å². The quantitative estimate of drug-likeness (QED) is 0.365. The maximum Gasteiger partial charge on any atom is 0.231 e. The van der Waals surface area contributed by atoms with Crippen LogP contribution in [0, 0.1) is 13.8 Å². The smallest absolute Gasteiger partial charge is 0.231 e. The molecule has 0 saturated carbocycles. The lowest BCUT2D eigenvalue weighted by molar-refractivity contribution is -0.181. The van der Waals surface area contributed by atoms with E-state index in [0.29, 0.717) is 25.2 Å². The van der Waals surface area contributed by atoms with E-state index < -0.39 is 0 Å². The average Bonchev–Trinajstić information content (AvgIpc) is 3.62. The van der Waals surface area contributed by atoms with Crippen molar-refractivity contribution >= 4 is 5.78 Å². The Morgan fingerprint density at radius 3 is 2.61 bits per heavy atom. The summed E-state index contributed by atoms with van der Waals surface area (Å²) in [5.41, 5.74) is 6.39. The van der Waals surface area contributed by atoms with E-state index in [1.54, 1.807) is 20.3 Å². The number of rotatable bonds is 7. The summed E-state index contributed by atoms with van der Waals surface area (Å²) in [5.74, 6) is 4.12. The Kier molecular flexibility index (Phi) is 5.35. The molecule has 6 heterocycles. The molecule has 0 radical (unpaired) electrons. The lowest BCUT2D eigenvalue weighted by Crippen LogP contribution is -2.74. The first-order valence-electron chi connectivity index (χ1n) is 14.5. The van der Waals surface area contributed by atoms with Crippen molar-refractivity contribution in [1.29, 1.82) is 0 Å². The van der Waals surface area contributed by atoms with Crippen LogP contribution >= 0.6 is 0 Å². The molecule has 0 aliphatic carbocycles. The Morgan fingerprint density at radius 2 is 1.85 bits per heavy atom. The topological polar surface area (TPSA) is 78.9 Å². The number of carbonyl (C=O) groups is 1. The fourth-order valence-electron chi connectivity index (χ4n) is 9.15. The van der Waals surface area contributed by atoms with Crippen LogP contribution in [0.15, 0.2) is 18.7 Å². The molecule has 6 aliphatic heterocycles. The molecular formula is C32H36N2O7. The number of ketones is 1. The van der Waals surface area contributed by atoms with Gasteiger partial charge in [0.15, 0.2) is 35.6 Å². The first kappa shape index (κ1) is 25.4. The molecule has 6 aliphatic rings. The summed E-state index contributed by atoms with van der Waals surface area (Å²) in [6.45, 7) is 11.0. The summed E-state index contributed by atoms with van der Waals surface area (Å²) in [6, 6.07) is 2.21. The molecule has 0 aromatic heterocycles. The average molecular weight is 561 g/mol. The molecule has 216 valence electrons. The lowest BCUT2D eigenvalue weighted by Gasteiger charge is -2.65. The van der Waals surface area contributed by atoms with Gasteiger partial charge >= 0.3 is 0 Å². The van der Waals surface area contributed by atoms with E-state index in [4.69, 9.17) is 28.4 Å².